The average Bonchev–Trinajstić information content (AvgIpc) is 2.88. The van der Waals surface area contributed by atoms with E-state index in [0.29, 0.717) is 6.04 Å². The topological polar surface area (TPSA) is 3.24 Å². The van der Waals surface area contributed by atoms with Crippen LogP contribution in [0.4, 0.5) is 0 Å². The summed E-state index contributed by atoms with van der Waals surface area (Å²) < 4.78 is 0. The Morgan fingerprint density at radius 1 is 1.15 bits per heavy atom. The van der Waals surface area contributed by atoms with Gasteiger partial charge in [0.2, 0.25) is 0 Å². The van der Waals surface area contributed by atoms with Crippen LogP contribution in [-0.4, -0.2) is 11.4 Å². The summed E-state index contributed by atoms with van der Waals surface area (Å²) in [6, 6.07) is 17.7. The van der Waals surface area contributed by atoms with Crippen molar-refractivity contribution < 1.29 is 0 Å². The Bertz CT molecular complexity index is 576. The first kappa shape index (κ1) is 13.7. The van der Waals surface area contributed by atoms with Gasteiger partial charge in [0.05, 0.1) is 0 Å². The molecule has 0 N–H and O–H groups in total. The molecule has 1 unspecified atom stereocenters. The van der Waals surface area contributed by atoms with Crippen LogP contribution < -0.4 is 0 Å². The number of nitrogens with zero attached hydrogens (tertiary/aromatic N) is 1. The van der Waals surface area contributed by atoms with Gasteiger partial charge in [0.15, 0.2) is 0 Å². The minimum atomic E-state index is 0.535. The summed E-state index contributed by atoms with van der Waals surface area (Å²) in [5.41, 5.74) is 4.13. The van der Waals surface area contributed by atoms with Gasteiger partial charge in [-0.1, -0.05) is 53.6 Å². The van der Waals surface area contributed by atoms with E-state index in [-0.39, 0.29) is 0 Å². The Balaban J connectivity index is 1.77. The molecule has 1 atom stereocenters. The highest BCUT2D eigenvalue weighted by molar-refractivity contribution is 6.30. The Kier molecular flexibility index (Phi) is 4.09. The smallest absolute Gasteiger partial charge is 0.0406 e. The molecule has 0 spiro atoms. The fourth-order valence-corrected chi connectivity index (χ4v) is 3.25. The normalized spacial score (nSPS) is 19.4. The van der Waals surface area contributed by atoms with Gasteiger partial charge in [-0.05, 0) is 49.6 Å². The molecule has 0 bridgehead atoms. The third-order valence-electron chi connectivity index (χ3n) is 4.09. The molecule has 2 heteroatoms. The summed E-state index contributed by atoms with van der Waals surface area (Å²) in [4.78, 5) is 2.58. The van der Waals surface area contributed by atoms with Crippen LogP contribution >= 0.6 is 11.6 Å². The van der Waals surface area contributed by atoms with Crippen LogP contribution in [0.15, 0.2) is 48.5 Å². The van der Waals surface area contributed by atoms with E-state index in [2.05, 4.69) is 48.2 Å². The molecule has 0 radical (unpaired) electrons. The van der Waals surface area contributed by atoms with Crippen molar-refractivity contribution in [1.29, 1.82) is 0 Å². The second-order valence-corrected chi connectivity index (χ2v) is 6.11. The first-order valence-electron chi connectivity index (χ1n) is 7.27. The summed E-state index contributed by atoms with van der Waals surface area (Å²) in [5, 5.41) is 0.817. The number of benzene rings is 2. The molecule has 1 saturated heterocycles. The van der Waals surface area contributed by atoms with Crippen LogP contribution in [0.3, 0.4) is 0 Å². The van der Waals surface area contributed by atoms with Crippen molar-refractivity contribution in [2.45, 2.75) is 32.4 Å². The van der Waals surface area contributed by atoms with Crippen molar-refractivity contribution in [1.82, 2.24) is 4.90 Å². The van der Waals surface area contributed by atoms with Gasteiger partial charge in [-0.25, -0.2) is 0 Å². The van der Waals surface area contributed by atoms with E-state index >= 15 is 0 Å². The van der Waals surface area contributed by atoms with Crippen LogP contribution in [0.1, 0.15) is 35.6 Å². The lowest BCUT2D eigenvalue weighted by Gasteiger charge is -2.25. The number of hydrogen-bond acceptors (Lipinski definition) is 1. The Morgan fingerprint density at radius 3 is 2.70 bits per heavy atom. The van der Waals surface area contributed by atoms with E-state index in [1.165, 1.54) is 36.1 Å². The maximum absolute atomic E-state index is 5.99. The molecule has 2 aromatic rings. The molecule has 1 aliphatic rings. The summed E-state index contributed by atoms with van der Waals surface area (Å²) in [7, 11) is 0. The number of halogens is 1. The molecule has 2 aromatic carbocycles. The van der Waals surface area contributed by atoms with Gasteiger partial charge >= 0.3 is 0 Å². The summed E-state index contributed by atoms with van der Waals surface area (Å²) in [6.45, 7) is 4.38. The molecule has 0 saturated carbocycles. The lowest BCUT2D eigenvalue weighted by atomic mass is 10.0. The van der Waals surface area contributed by atoms with Crippen molar-refractivity contribution in [3.8, 4) is 0 Å². The second kappa shape index (κ2) is 5.99. The zero-order valence-electron chi connectivity index (χ0n) is 11.8. The summed E-state index contributed by atoms with van der Waals surface area (Å²) in [5.74, 6) is 0. The molecule has 1 nitrogen and oxygen atoms in total. The first-order valence-corrected chi connectivity index (χ1v) is 7.65. The Hall–Kier alpha value is -1.31. The van der Waals surface area contributed by atoms with Gasteiger partial charge in [-0.2, -0.15) is 0 Å². The Morgan fingerprint density at radius 2 is 1.95 bits per heavy atom. The minimum Gasteiger partial charge on any atom is -0.292 e. The SMILES string of the molecule is Cc1cccc(CN2CCCC2c2ccc(Cl)cc2)c1. The molecule has 0 aliphatic carbocycles. The molecule has 1 heterocycles. The maximum atomic E-state index is 5.99. The second-order valence-electron chi connectivity index (χ2n) is 5.67. The molecule has 1 fully saturated rings. The summed E-state index contributed by atoms with van der Waals surface area (Å²) >= 11 is 5.99. The highest BCUT2D eigenvalue weighted by Crippen LogP contribution is 2.33. The van der Waals surface area contributed by atoms with Crippen LogP contribution in [-0.2, 0) is 6.54 Å². The molecule has 1 aliphatic heterocycles. The van der Waals surface area contributed by atoms with Gasteiger partial charge in [0.25, 0.3) is 0 Å². The molecule has 20 heavy (non-hydrogen) atoms. The van der Waals surface area contributed by atoms with Crippen molar-refractivity contribution in [2.24, 2.45) is 0 Å². The van der Waals surface area contributed by atoms with E-state index in [1.807, 2.05) is 12.1 Å². The Labute approximate surface area is 126 Å². The number of likely N-dealkylation sites (tertiary alicyclic amines) is 1. The third-order valence-corrected chi connectivity index (χ3v) is 4.34. The van der Waals surface area contributed by atoms with Crippen molar-refractivity contribution >= 4 is 11.6 Å². The van der Waals surface area contributed by atoms with E-state index in [0.717, 1.165) is 11.6 Å². The molecular formula is C18H20ClN. The molecular weight excluding hydrogens is 266 g/mol. The fourth-order valence-electron chi connectivity index (χ4n) is 3.12. The highest BCUT2D eigenvalue weighted by atomic mass is 35.5. The first-order chi connectivity index (χ1) is 9.72. The molecule has 0 aromatic heterocycles. The largest absolute Gasteiger partial charge is 0.292 e. The molecule has 3 rings (SSSR count). The van der Waals surface area contributed by atoms with Gasteiger partial charge in [-0.3, -0.25) is 4.90 Å². The zero-order valence-corrected chi connectivity index (χ0v) is 12.6. The highest BCUT2D eigenvalue weighted by Gasteiger charge is 2.25. The maximum Gasteiger partial charge on any atom is 0.0406 e. The third kappa shape index (κ3) is 3.05. The monoisotopic (exact) mass is 285 g/mol. The van der Waals surface area contributed by atoms with Crippen LogP contribution in [0.2, 0.25) is 5.02 Å². The van der Waals surface area contributed by atoms with Crippen LogP contribution in [0.5, 0.6) is 0 Å². The zero-order chi connectivity index (χ0) is 13.9. The van der Waals surface area contributed by atoms with Crippen LogP contribution in [0, 0.1) is 6.92 Å². The van der Waals surface area contributed by atoms with E-state index in [1.54, 1.807) is 0 Å². The predicted molar refractivity (Wildman–Crippen MR) is 85.0 cm³/mol. The quantitative estimate of drug-likeness (QED) is 0.768. The van der Waals surface area contributed by atoms with Crippen molar-refractivity contribution in [3.05, 3.63) is 70.2 Å². The molecule has 104 valence electrons. The number of aryl methyl sites for hydroxylation is 1. The standard InChI is InChI=1S/C18H20ClN/c1-14-4-2-5-15(12-14)13-20-11-3-6-18(20)16-7-9-17(19)10-8-16/h2,4-5,7-10,12,18H,3,6,11,13H2,1H3. The lowest BCUT2D eigenvalue weighted by Crippen LogP contribution is -2.22. The lowest BCUT2D eigenvalue weighted by molar-refractivity contribution is 0.248. The van der Waals surface area contributed by atoms with E-state index < -0.39 is 0 Å². The van der Waals surface area contributed by atoms with Crippen LogP contribution in [0.25, 0.3) is 0 Å². The number of rotatable bonds is 3. The number of hydrogen-bond donors (Lipinski definition) is 0. The molecule has 0 amide bonds. The minimum absolute atomic E-state index is 0.535. The predicted octanol–water partition coefficient (Wildman–Crippen LogP) is 4.99. The van der Waals surface area contributed by atoms with Gasteiger partial charge in [0.1, 0.15) is 0 Å². The van der Waals surface area contributed by atoms with Gasteiger partial charge < -0.3 is 0 Å². The fraction of sp³-hybridized carbons (Fsp3) is 0.333. The summed E-state index contributed by atoms with van der Waals surface area (Å²) in [6.07, 6.45) is 2.52. The average molecular weight is 286 g/mol. The van der Waals surface area contributed by atoms with Gasteiger partial charge in [0, 0.05) is 17.6 Å². The van der Waals surface area contributed by atoms with E-state index in [4.69, 9.17) is 11.6 Å². The van der Waals surface area contributed by atoms with Gasteiger partial charge in [-0.15, -0.1) is 0 Å². The van der Waals surface area contributed by atoms with Crippen molar-refractivity contribution in [2.75, 3.05) is 6.54 Å². The van der Waals surface area contributed by atoms with E-state index in [9.17, 15) is 0 Å². The van der Waals surface area contributed by atoms with Crippen molar-refractivity contribution in [3.63, 3.8) is 0 Å².